The van der Waals surface area contributed by atoms with E-state index in [4.69, 9.17) is 4.42 Å². The molecule has 2 aliphatic heterocycles. The topological polar surface area (TPSA) is 105 Å². The maximum absolute atomic E-state index is 12.4. The fourth-order valence-electron chi connectivity index (χ4n) is 3.88. The van der Waals surface area contributed by atoms with Crippen molar-refractivity contribution < 1.29 is 17.6 Å². The molecule has 1 unspecified atom stereocenters. The summed E-state index contributed by atoms with van der Waals surface area (Å²) in [4.78, 5) is 23.1. The molecular weight excluding hydrogens is 368 g/mol. The molecule has 2 aromatic heterocycles. The molecule has 1 atom stereocenters. The highest BCUT2D eigenvalue weighted by Crippen LogP contribution is 2.27. The maximum atomic E-state index is 12.4. The quantitative estimate of drug-likeness (QED) is 0.841. The molecule has 4 heterocycles. The van der Waals surface area contributed by atoms with E-state index in [0.717, 1.165) is 25.9 Å². The lowest BCUT2D eigenvalue weighted by Crippen LogP contribution is -2.43. The van der Waals surface area contributed by atoms with Gasteiger partial charge in [0.05, 0.1) is 11.5 Å². The van der Waals surface area contributed by atoms with Gasteiger partial charge in [0, 0.05) is 31.7 Å². The molecule has 9 heteroatoms. The number of oxazole rings is 1. The van der Waals surface area contributed by atoms with Gasteiger partial charge < -0.3 is 14.6 Å². The predicted octanol–water partition coefficient (Wildman–Crippen LogP) is 1.52. The van der Waals surface area contributed by atoms with Gasteiger partial charge in [0.2, 0.25) is 11.6 Å². The minimum atomic E-state index is -2.91. The average Bonchev–Trinajstić information content (AvgIpc) is 3.08. The average molecular weight is 392 g/mol. The Morgan fingerprint density at radius 1 is 1.30 bits per heavy atom. The van der Waals surface area contributed by atoms with Crippen LogP contribution in [0.15, 0.2) is 22.7 Å². The summed E-state index contributed by atoms with van der Waals surface area (Å²) < 4.78 is 28.8. The van der Waals surface area contributed by atoms with Crippen LogP contribution in [0.25, 0.3) is 11.2 Å². The highest BCUT2D eigenvalue weighted by atomic mass is 32.2. The number of pyridine rings is 1. The smallest absolute Gasteiger partial charge is 0.299 e. The van der Waals surface area contributed by atoms with Crippen molar-refractivity contribution in [3.05, 3.63) is 18.3 Å². The molecule has 1 amide bonds. The maximum Gasteiger partial charge on any atom is 0.299 e. The molecule has 0 aromatic carbocycles. The summed E-state index contributed by atoms with van der Waals surface area (Å²) in [5.41, 5.74) is 1.26. The Hall–Kier alpha value is -2.16. The van der Waals surface area contributed by atoms with Gasteiger partial charge in [-0.05, 0) is 43.7 Å². The number of nitrogens with zero attached hydrogens (tertiary/aromatic N) is 3. The van der Waals surface area contributed by atoms with Gasteiger partial charge >= 0.3 is 0 Å². The molecule has 0 spiro atoms. The molecule has 2 aromatic rings. The first-order valence-corrected chi connectivity index (χ1v) is 11.3. The highest BCUT2D eigenvalue weighted by Gasteiger charge is 2.28. The van der Waals surface area contributed by atoms with Crippen molar-refractivity contribution in [2.75, 3.05) is 29.5 Å². The number of aromatic nitrogens is 2. The van der Waals surface area contributed by atoms with Gasteiger partial charge in [-0.2, -0.15) is 4.98 Å². The van der Waals surface area contributed by atoms with Crippen LogP contribution in [0.2, 0.25) is 0 Å². The first kappa shape index (κ1) is 18.2. The van der Waals surface area contributed by atoms with Crippen molar-refractivity contribution in [2.24, 2.45) is 5.92 Å². The molecule has 1 N–H and O–H groups in total. The zero-order valence-corrected chi connectivity index (χ0v) is 16.0. The number of anilines is 1. The Morgan fingerprint density at radius 2 is 2.11 bits per heavy atom. The molecule has 0 radical (unpaired) electrons. The van der Waals surface area contributed by atoms with E-state index >= 15 is 0 Å². The molecule has 2 saturated heterocycles. The van der Waals surface area contributed by atoms with Crippen LogP contribution in [-0.2, 0) is 14.6 Å². The van der Waals surface area contributed by atoms with Gasteiger partial charge in [0.15, 0.2) is 5.58 Å². The Kier molecular flexibility index (Phi) is 5.03. The van der Waals surface area contributed by atoms with Crippen molar-refractivity contribution in [1.82, 2.24) is 15.3 Å². The number of piperidine rings is 1. The van der Waals surface area contributed by atoms with E-state index < -0.39 is 9.84 Å². The minimum Gasteiger partial charge on any atom is -0.422 e. The normalized spacial score (nSPS) is 23.4. The standard InChI is InChI=1S/C18H24N4O4S/c23-16(20-14-5-9-27(24,25)10-6-14)11-13-3-2-8-22(12-13)18-21-17-15(26-18)4-1-7-19-17/h1,4,7,13-14H,2-3,5-6,8-12H2,(H,20,23). The third-order valence-electron chi connectivity index (χ3n) is 5.34. The molecule has 2 fully saturated rings. The summed E-state index contributed by atoms with van der Waals surface area (Å²) in [7, 11) is -2.91. The second-order valence-corrected chi connectivity index (χ2v) is 9.78. The molecule has 2 aliphatic rings. The van der Waals surface area contributed by atoms with Gasteiger partial charge in [0.25, 0.3) is 6.01 Å². The number of nitrogens with one attached hydrogen (secondary N) is 1. The molecule has 0 saturated carbocycles. The Labute approximate surface area is 158 Å². The summed E-state index contributed by atoms with van der Waals surface area (Å²) in [6, 6.07) is 4.20. The number of carbonyl (C=O) groups excluding carboxylic acids is 1. The van der Waals surface area contributed by atoms with E-state index in [1.165, 1.54) is 0 Å². The fourth-order valence-corrected chi connectivity index (χ4v) is 5.37. The molecule has 146 valence electrons. The first-order valence-electron chi connectivity index (χ1n) is 9.45. The zero-order chi connectivity index (χ0) is 18.9. The van der Waals surface area contributed by atoms with Crippen LogP contribution in [0.3, 0.4) is 0 Å². The van der Waals surface area contributed by atoms with E-state index in [1.807, 2.05) is 12.1 Å². The van der Waals surface area contributed by atoms with Gasteiger partial charge in [-0.25, -0.2) is 13.4 Å². The summed E-state index contributed by atoms with van der Waals surface area (Å²) in [5, 5.41) is 3.01. The van der Waals surface area contributed by atoms with Crippen LogP contribution in [0.5, 0.6) is 0 Å². The van der Waals surface area contributed by atoms with Crippen molar-refractivity contribution in [2.45, 2.75) is 38.1 Å². The van der Waals surface area contributed by atoms with Crippen LogP contribution in [-0.4, -0.2) is 54.9 Å². The van der Waals surface area contributed by atoms with Crippen molar-refractivity contribution >= 4 is 33.0 Å². The van der Waals surface area contributed by atoms with Crippen LogP contribution in [0, 0.1) is 5.92 Å². The first-order chi connectivity index (χ1) is 13.0. The molecule has 27 heavy (non-hydrogen) atoms. The van der Waals surface area contributed by atoms with Gasteiger partial charge in [-0.15, -0.1) is 0 Å². The lowest BCUT2D eigenvalue weighted by molar-refractivity contribution is -0.122. The fraction of sp³-hybridized carbons (Fsp3) is 0.611. The number of carbonyl (C=O) groups is 1. The molecule has 0 aliphatic carbocycles. The van der Waals surface area contributed by atoms with Crippen LogP contribution < -0.4 is 10.2 Å². The van der Waals surface area contributed by atoms with Crippen molar-refractivity contribution in [1.29, 1.82) is 0 Å². The number of hydrogen-bond donors (Lipinski definition) is 1. The minimum absolute atomic E-state index is 0.00498. The molecular formula is C18H24N4O4S. The summed E-state index contributed by atoms with van der Waals surface area (Å²) in [6.07, 6.45) is 5.13. The Bertz CT molecular complexity index is 879. The summed E-state index contributed by atoms with van der Waals surface area (Å²) in [6.45, 7) is 1.57. The van der Waals surface area contributed by atoms with Gasteiger partial charge in [-0.1, -0.05) is 0 Å². The number of fused-ring (bicyclic) bond motifs is 1. The van der Waals surface area contributed by atoms with Crippen molar-refractivity contribution in [3.63, 3.8) is 0 Å². The second kappa shape index (κ2) is 7.46. The van der Waals surface area contributed by atoms with Crippen LogP contribution >= 0.6 is 0 Å². The van der Waals surface area contributed by atoms with Gasteiger partial charge in [-0.3, -0.25) is 4.79 Å². The monoisotopic (exact) mass is 392 g/mol. The van der Waals surface area contributed by atoms with Gasteiger partial charge in [0.1, 0.15) is 9.84 Å². The van der Waals surface area contributed by atoms with Crippen LogP contribution in [0.4, 0.5) is 6.01 Å². The Morgan fingerprint density at radius 3 is 2.89 bits per heavy atom. The number of sulfone groups is 1. The van der Waals surface area contributed by atoms with E-state index in [9.17, 15) is 13.2 Å². The molecule has 4 rings (SSSR count). The van der Waals surface area contributed by atoms with E-state index in [2.05, 4.69) is 20.2 Å². The highest BCUT2D eigenvalue weighted by molar-refractivity contribution is 7.91. The SMILES string of the molecule is O=C(CC1CCCN(c2nc3ncccc3o2)C1)NC1CCS(=O)(=O)CC1. The van der Waals surface area contributed by atoms with Crippen molar-refractivity contribution in [3.8, 4) is 0 Å². The second-order valence-electron chi connectivity index (χ2n) is 7.47. The number of hydrogen-bond acceptors (Lipinski definition) is 7. The summed E-state index contributed by atoms with van der Waals surface area (Å²) >= 11 is 0. The number of amides is 1. The third-order valence-corrected chi connectivity index (χ3v) is 7.05. The summed E-state index contributed by atoms with van der Waals surface area (Å²) in [5.74, 6) is 0.571. The largest absolute Gasteiger partial charge is 0.422 e. The van der Waals surface area contributed by atoms with Crippen LogP contribution in [0.1, 0.15) is 32.1 Å². The Balaban J connectivity index is 1.32. The van der Waals surface area contributed by atoms with E-state index in [-0.39, 0.29) is 29.4 Å². The zero-order valence-electron chi connectivity index (χ0n) is 15.1. The number of rotatable bonds is 4. The lowest BCUT2D eigenvalue weighted by Gasteiger charge is -2.31. The molecule has 0 bridgehead atoms. The van der Waals surface area contributed by atoms with E-state index in [1.54, 1.807) is 6.20 Å². The lowest BCUT2D eigenvalue weighted by atomic mass is 9.94. The molecule has 8 nitrogen and oxygen atoms in total. The third kappa shape index (κ3) is 4.40. The van der Waals surface area contributed by atoms with E-state index in [0.29, 0.717) is 36.5 Å². The predicted molar refractivity (Wildman–Crippen MR) is 101 cm³/mol.